The van der Waals surface area contributed by atoms with Crippen LogP contribution in [0.1, 0.15) is 16.8 Å². The number of pyridine rings is 1. The molecule has 0 aliphatic carbocycles. The summed E-state index contributed by atoms with van der Waals surface area (Å²) < 4.78 is 5.11. The molecule has 1 N–H and O–H groups in total. The Morgan fingerprint density at radius 1 is 1.26 bits per heavy atom. The minimum absolute atomic E-state index is 0.555. The number of nitrogens with zero attached hydrogens (tertiary/aromatic N) is 2. The Morgan fingerprint density at radius 3 is 2.84 bits per heavy atom. The molecule has 0 bridgehead atoms. The number of benzene rings is 1. The third-order valence-corrected chi connectivity index (χ3v) is 2.75. The predicted octanol–water partition coefficient (Wildman–Crippen LogP) is 2.25. The Kier molecular flexibility index (Phi) is 4.49. The molecule has 1 aromatic heterocycles. The largest absolute Gasteiger partial charge is 0.495 e. The van der Waals surface area contributed by atoms with Gasteiger partial charge in [0.1, 0.15) is 11.8 Å². The SMILES string of the molecule is COc1ccc(CNCc2ccccn2)cc1C#N. The molecule has 0 spiro atoms. The topological polar surface area (TPSA) is 57.9 Å². The van der Waals surface area contributed by atoms with Gasteiger partial charge in [0.05, 0.1) is 18.4 Å². The number of methoxy groups -OCH3 is 1. The summed E-state index contributed by atoms with van der Waals surface area (Å²) in [6, 6.07) is 13.6. The van der Waals surface area contributed by atoms with Crippen LogP contribution in [0.5, 0.6) is 5.75 Å². The molecule has 2 rings (SSSR count). The summed E-state index contributed by atoms with van der Waals surface area (Å²) in [5.41, 5.74) is 2.60. The lowest BCUT2D eigenvalue weighted by Gasteiger charge is -2.07. The van der Waals surface area contributed by atoms with Crippen molar-refractivity contribution in [3.05, 3.63) is 59.4 Å². The van der Waals surface area contributed by atoms with Gasteiger partial charge in [-0.2, -0.15) is 5.26 Å². The lowest BCUT2D eigenvalue weighted by Crippen LogP contribution is -2.13. The Balaban J connectivity index is 1.95. The molecule has 2 aromatic rings. The van der Waals surface area contributed by atoms with Crippen LogP contribution in [0.15, 0.2) is 42.6 Å². The van der Waals surface area contributed by atoms with Gasteiger partial charge in [-0.3, -0.25) is 4.98 Å². The molecule has 0 saturated carbocycles. The number of hydrogen-bond donors (Lipinski definition) is 1. The van der Waals surface area contributed by atoms with E-state index < -0.39 is 0 Å². The molecule has 4 heteroatoms. The van der Waals surface area contributed by atoms with Crippen LogP contribution in [0.3, 0.4) is 0 Å². The first kappa shape index (κ1) is 13.1. The van der Waals surface area contributed by atoms with Crippen molar-refractivity contribution in [1.82, 2.24) is 10.3 Å². The van der Waals surface area contributed by atoms with Gasteiger partial charge in [-0.05, 0) is 29.8 Å². The standard InChI is InChI=1S/C15H15N3O/c1-19-15-6-5-12(8-13(15)9-16)10-17-11-14-4-2-3-7-18-14/h2-8,17H,10-11H2,1H3. The van der Waals surface area contributed by atoms with E-state index in [1.165, 1.54) is 0 Å². The highest BCUT2D eigenvalue weighted by molar-refractivity contribution is 5.45. The zero-order valence-corrected chi connectivity index (χ0v) is 10.8. The number of rotatable bonds is 5. The van der Waals surface area contributed by atoms with Crippen LogP contribution in [0.4, 0.5) is 0 Å². The van der Waals surface area contributed by atoms with Gasteiger partial charge in [0.2, 0.25) is 0 Å². The Labute approximate surface area is 112 Å². The van der Waals surface area contributed by atoms with Crippen molar-refractivity contribution in [3.8, 4) is 11.8 Å². The first-order valence-corrected chi connectivity index (χ1v) is 6.01. The van der Waals surface area contributed by atoms with E-state index in [0.29, 0.717) is 24.4 Å². The van der Waals surface area contributed by atoms with Crippen molar-refractivity contribution in [1.29, 1.82) is 5.26 Å². The van der Waals surface area contributed by atoms with Gasteiger partial charge in [0.15, 0.2) is 0 Å². The van der Waals surface area contributed by atoms with Crippen LogP contribution >= 0.6 is 0 Å². The molecule has 96 valence electrons. The molecular formula is C15H15N3O. The molecule has 1 aromatic carbocycles. The van der Waals surface area contributed by atoms with E-state index in [1.54, 1.807) is 13.3 Å². The first-order valence-electron chi connectivity index (χ1n) is 6.01. The summed E-state index contributed by atoms with van der Waals surface area (Å²) in [4.78, 5) is 4.24. The van der Waals surface area contributed by atoms with E-state index in [4.69, 9.17) is 10.00 Å². The number of aromatic nitrogens is 1. The van der Waals surface area contributed by atoms with E-state index in [2.05, 4.69) is 16.4 Å². The van der Waals surface area contributed by atoms with E-state index in [9.17, 15) is 0 Å². The summed E-state index contributed by atoms with van der Waals surface area (Å²) in [5.74, 6) is 0.607. The van der Waals surface area contributed by atoms with Crippen molar-refractivity contribution in [2.45, 2.75) is 13.1 Å². The van der Waals surface area contributed by atoms with E-state index in [1.807, 2.05) is 36.4 Å². The molecule has 4 nitrogen and oxygen atoms in total. The van der Waals surface area contributed by atoms with Crippen LogP contribution in [-0.4, -0.2) is 12.1 Å². The monoisotopic (exact) mass is 253 g/mol. The van der Waals surface area contributed by atoms with Gasteiger partial charge in [0.25, 0.3) is 0 Å². The smallest absolute Gasteiger partial charge is 0.136 e. The van der Waals surface area contributed by atoms with Gasteiger partial charge >= 0.3 is 0 Å². The summed E-state index contributed by atoms with van der Waals surface area (Å²) in [6.07, 6.45) is 1.78. The second kappa shape index (κ2) is 6.53. The molecule has 0 radical (unpaired) electrons. The lowest BCUT2D eigenvalue weighted by molar-refractivity contribution is 0.413. The van der Waals surface area contributed by atoms with E-state index in [-0.39, 0.29) is 0 Å². The summed E-state index contributed by atoms with van der Waals surface area (Å²) in [7, 11) is 1.56. The highest BCUT2D eigenvalue weighted by Crippen LogP contribution is 2.18. The van der Waals surface area contributed by atoms with Crippen molar-refractivity contribution >= 4 is 0 Å². The number of nitriles is 1. The normalized spacial score (nSPS) is 9.89. The maximum atomic E-state index is 9.02. The van der Waals surface area contributed by atoms with E-state index >= 15 is 0 Å². The number of ether oxygens (including phenoxy) is 1. The Bertz CT molecular complexity index is 576. The van der Waals surface area contributed by atoms with Crippen molar-refractivity contribution in [2.75, 3.05) is 7.11 Å². The zero-order valence-electron chi connectivity index (χ0n) is 10.8. The maximum absolute atomic E-state index is 9.02. The molecule has 19 heavy (non-hydrogen) atoms. The molecule has 0 aliphatic heterocycles. The van der Waals surface area contributed by atoms with Gasteiger partial charge in [-0.15, -0.1) is 0 Å². The van der Waals surface area contributed by atoms with Crippen LogP contribution in [0.25, 0.3) is 0 Å². The molecule has 0 saturated heterocycles. The Morgan fingerprint density at radius 2 is 2.16 bits per heavy atom. The fourth-order valence-corrected chi connectivity index (χ4v) is 1.79. The summed E-state index contributed by atoms with van der Waals surface area (Å²) in [6.45, 7) is 1.39. The van der Waals surface area contributed by atoms with E-state index in [0.717, 1.165) is 11.3 Å². The van der Waals surface area contributed by atoms with Crippen LogP contribution in [0, 0.1) is 11.3 Å². The average Bonchev–Trinajstić information content (AvgIpc) is 2.48. The molecular weight excluding hydrogens is 238 g/mol. The van der Waals surface area contributed by atoms with Gasteiger partial charge in [-0.25, -0.2) is 0 Å². The van der Waals surface area contributed by atoms with Gasteiger partial charge < -0.3 is 10.1 Å². The third kappa shape index (κ3) is 3.54. The van der Waals surface area contributed by atoms with Gasteiger partial charge in [0, 0.05) is 19.3 Å². The van der Waals surface area contributed by atoms with Crippen LogP contribution < -0.4 is 10.1 Å². The Hall–Kier alpha value is -2.38. The second-order valence-electron chi connectivity index (χ2n) is 4.07. The van der Waals surface area contributed by atoms with Crippen molar-refractivity contribution < 1.29 is 4.74 Å². The first-order chi connectivity index (χ1) is 9.33. The predicted molar refractivity (Wildman–Crippen MR) is 72.5 cm³/mol. The zero-order chi connectivity index (χ0) is 13.5. The minimum Gasteiger partial charge on any atom is -0.495 e. The highest BCUT2D eigenvalue weighted by atomic mass is 16.5. The summed E-state index contributed by atoms with van der Waals surface area (Å²) >= 11 is 0. The second-order valence-corrected chi connectivity index (χ2v) is 4.07. The minimum atomic E-state index is 0.555. The maximum Gasteiger partial charge on any atom is 0.136 e. The molecule has 0 fully saturated rings. The van der Waals surface area contributed by atoms with Crippen molar-refractivity contribution in [3.63, 3.8) is 0 Å². The molecule has 0 unspecified atom stereocenters. The fraction of sp³-hybridized carbons (Fsp3) is 0.200. The van der Waals surface area contributed by atoms with Crippen LogP contribution in [0.2, 0.25) is 0 Å². The number of nitrogens with one attached hydrogen (secondary N) is 1. The lowest BCUT2D eigenvalue weighted by atomic mass is 10.1. The molecule has 0 amide bonds. The summed E-state index contributed by atoms with van der Waals surface area (Å²) in [5, 5.41) is 12.3. The molecule has 0 atom stereocenters. The average molecular weight is 253 g/mol. The number of hydrogen-bond acceptors (Lipinski definition) is 4. The molecule has 1 heterocycles. The highest BCUT2D eigenvalue weighted by Gasteiger charge is 2.03. The fourth-order valence-electron chi connectivity index (χ4n) is 1.79. The van der Waals surface area contributed by atoms with Crippen LogP contribution in [-0.2, 0) is 13.1 Å². The molecule has 0 aliphatic rings. The quantitative estimate of drug-likeness (QED) is 0.888. The third-order valence-electron chi connectivity index (χ3n) is 2.75. The van der Waals surface area contributed by atoms with Gasteiger partial charge in [-0.1, -0.05) is 12.1 Å². The van der Waals surface area contributed by atoms with Crippen molar-refractivity contribution in [2.24, 2.45) is 0 Å².